The van der Waals surface area contributed by atoms with E-state index in [4.69, 9.17) is 4.74 Å². The van der Waals surface area contributed by atoms with Crippen molar-refractivity contribution in [2.75, 3.05) is 36.8 Å². The summed E-state index contributed by atoms with van der Waals surface area (Å²) in [7, 11) is -0.937. The summed E-state index contributed by atoms with van der Waals surface area (Å²) in [5, 5.41) is 12.3. The van der Waals surface area contributed by atoms with E-state index in [9.17, 15) is 27.5 Å². The Labute approximate surface area is 237 Å². The van der Waals surface area contributed by atoms with Gasteiger partial charge in [0.05, 0.1) is 36.8 Å². The molecule has 0 fully saturated rings. The number of fused-ring (bicyclic) bond motifs is 1. The average Bonchev–Trinajstić information content (AvgIpc) is 3.39. The lowest BCUT2D eigenvalue weighted by Crippen LogP contribution is -2.50. The van der Waals surface area contributed by atoms with Gasteiger partial charge >= 0.3 is 6.03 Å². The van der Waals surface area contributed by atoms with Crippen molar-refractivity contribution < 1.29 is 32.2 Å². The molecule has 0 saturated carbocycles. The summed E-state index contributed by atoms with van der Waals surface area (Å²) in [5.74, 6) is -1.22. The van der Waals surface area contributed by atoms with Gasteiger partial charge in [-0.05, 0) is 43.3 Å². The van der Waals surface area contributed by atoms with E-state index in [1.54, 1.807) is 21.0 Å². The standard InChI is InChI=1S/C27H33FN6O6S/c1-17-12-34(18(2)15-35)26(36)21-6-5-7-22(31-41(38,39)24-14-32(3)16-29-24)25(21)40-23(17)13-33(4)27(37)30-20-10-8-19(28)9-11-20/h5-11,14,16-18,23,31,35H,12-13,15H2,1-4H3,(H,30,37)/t17-,18-,23-/m1/s1. The number of imidazole rings is 1. The highest BCUT2D eigenvalue weighted by Crippen LogP contribution is 2.36. The number of para-hydroxylation sites is 1. The molecule has 1 aliphatic heterocycles. The van der Waals surface area contributed by atoms with Crippen molar-refractivity contribution in [3.63, 3.8) is 0 Å². The van der Waals surface area contributed by atoms with Crippen molar-refractivity contribution in [3.8, 4) is 5.75 Å². The molecule has 3 amide bonds. The molecule has 4 rings (SSSR count). The molecule has 0 radical (unpaired) electrons. The lowest BCUT2D eigenvalue weighted by atomic mass is 9.99. The van der Waals surface area contributed by atoms with E-state index < -0.39 is 39.9 Å². The Bertz CT molecular complexity index is 1510. The first-order valence-corrected chi connectivity index (χ1v) is 14.4. The molecule has 3 atom stereocenters. The molecule has 3 aromatic rings. The quantitative estimate of drug-likeness (QED) is 0.367. The number of carbonyl (C=O) groups excluding carboxylic acids is 2. The second-order valence-corrected chi connectivity index (χ2v) is 11.7. The SMILES string of the molecule is C[C@@H]1CN([C@H](C)CO)C(=O)c2cccc(NS(=O)(=O)c3cn(C)cn3)c2O[C@@H]1CN(C)C(=O)Nc1ccc(F)cc1. The van der Waals surface area contributed by atoms with Crippen molar-refractivity contribution in [2.24, 2.45) is 13.0 Å². The Kier molecular flexibility index (Phi) is 8.83. The number of nitrogens with zero attached hydrogens (tertiary/aromatic N) is 4. The Morgan fingerprint density at radius 1 is 1.27 bits per heavy atom. The molecule has 0 bridgehead atoms. The van der Waals surface area contributed by atoms with Crippen molar-refractivity contribution in [1.29, 1.82) is 0 Å². The van der Waals surface area contributed by atoms with Crippen molar-refractivity contribution >= 4 is 33.3 Å². The molecule has 1 aromatic heterocycles. The lowest BCUT2D eigenvalue weighted by molar-refractivity contribution is 0.0373. The number of aryl methyl sites for hydroxylation is 1. The number of amides is 3. The van der Waals surface area contributed by atoms with E-state index in [1.807, 2.05) is 6.92 Å². The molecular formula is C27H33FN6O6S. The summed E-state index contributed by atoms with van der Waals surface area (Å²) >= 11 is 0. The fourth-order valence-electron chi connectivity index (χ4n) is 4.37. The van der Waals surface area contributed by atoms with Crippen LogP contribution in [0.1, 0.15) is 24.2 Å². The summed E-state index contributed by atoms with van der Waals surface area (Å²) in [6, 6.07) is 8.84. The van der Waals surface area contributed by atoms with Gasteiger partial charge in [-0.25, -0.2) is 14.2 Å². The summed E-state index contributed by atoms with van der Waals surface area (Å²) < 4.78 is 49.8. The van der Waals surface area contributed by atoms with Crippen LogP contribution in [0.25, 0.3) is 0 Å². The number of ether oxygens (including phenoxy) is 1. The van der Waals surface area contributed by atoms with Gasteiger partial charge in [0, 0.05) is 38.4 Å². The number of urea groups is 1. The molecule has 0 unspecified atom stereocenters. The van der Waals surface area contributed by atoms with Gasteiger partial charge < -0.3 is 29.5 Å². The third-order valence-corrected chi connectivity index (χ3v) is 8.04. The van der Waals surface area contributed by atoms with Crippen LogP contribution in [0.3, 0.4) is 0 Å². The number of hydrogen-bond donors (Lipinski definition) is 3. The van der Waals surface area contributed by atoms with Crippen molar-refractivity contribution in [1.82, 2.24) is 19.4 Å². The molecule has 0 aliphatic carbocycles. The highest BCUT2D eigenvalue weighted by molar-refractivity contribution is 7.92. The van der Waals surface area contributed by atoms with Gasteiger partial charge in [0.15, 0.2) is 10.8 Å². The molecule has 14 heteroatoms. The van der Waals surface area contributed by atoms with Crippen LogP contribution < -0.4 is 14.8 Å². The zero-order valence-electron chi connectivity index (χ0n) is 23.1. The molecule has 2 heterocycles. The van der Waals surface area contributed by atoms with E-state index in [2.05, 4.69) is 15.0 Å². The predicted molar refractivity (Wildman–Crippen MR) is 150 cm³/mol. The first-order chi connectivity index (χ1) is 19.4. The molecule has 3 N–H and O–H groups in total. The molecule has 2 aromatic carbocycles. The van der Waals surface area contributed by atoms with E-state index in [1.165, 1.54) is 69.4 Å². The number of nitrogens with one attached hydrogen (secondary N) is 2. The Morgan fingerprint density at radius 3 is 2.61 bits per heavy atom. The van der Waals surface area contributed by atoms with E-state index in [-0.39, 0.29) is 47.6 Å². The number of aromatic nitrogens is 2. The van der Waals surface area contributed by atoms with Crippen molar-refractivity contribution in [2.45, 2.75) is 31.0 Å². The van der Waals surface area contributed by atoms with Crippen LogP contribution in [0, 0.1) is 11.7 Å². The molecule has 1 aliphatic rings. The number of hydrogen-bond acceptors (Lipinski definition) is 7. The van der Waals surface area contributed by atoms with Gasteiger partial charge in [-0.3, -0.25) is 9.52 Å². The molecule has 12 nitrogen and oxygen atoms in total. The second kappa shape index (κ2) is 12.1. The van der Waals surface area contributed by atoms with Gasteiger partial charge in [-0.1, -0.05) is 13.0 Å². The topological polar surface area (TPSA) is 146 Å². The summed E-state index contributed by atoms with van der Waals surface area (Å²) in [6.45, 7) is 3.53. The zero-order valence-corrected chi connectivity index (χ0v) is 23.9. The van der Waals surface area contributed by atoms with Crippen LogP contribution in [0.4, 0.5) is 20.6 Å². The maximum atomic E-state index is 13.6. The zero-order chi connectivity index (χ0) is 29.9. The number of benzene rings is 2. The largest absolute Gasteiger partial charge is 0.485 e. The predicted octanol–water partition coefficient (Wildman–Crippen LogP) is 2.74. The summed E-state index contributed by atoms with van der Waals surface area (Å²) in [5.41, 5.74) is 0.525. The number of sulfonamides is 1. The molecule has 0 saturated heterocycles. The van der Waals surface area contributed by atoms with E-state index in [0.717, 1.165) is 0 Å². The maximum absolute atomic E-state index is 13.6. The monoisotopic (exact) mass is 588 g/mol. The smallest absolute Gasteiger partial charge is 0.321 e. The highest BCUT2D eigenvalue weighted by atomic mass is 32.2. The number of anilines is 2. The third kappa shape index (κ3) is 6.77. The summed E-state index contributed by atoms with van der Waals surface area (Å²) in [4.78, 5) is 33.4. The number of halogens is 1. The van der Waals surface area contributed by atoms with Crippen LogP contribution >= 0.6 is 0 Å². The van der Waals surface area contributed by atoms with Crippen LogP contribution in [0.2, 0.25) is 0 Å². The Hall–Kier alpha value is -4.17. The minimum atomic E-state index is -4.13. The minimum absolute atomic E-state index is 0.00367. The highest BCUT2D eigenvalue weighted by Gasteiger charge is 2.35. The first kappa shape index (κ1) is 29.8. The fourth-order valence-corrected chi connectivity index (χ4v) is 5.42. The van der Waals surface area contributed by atoms with E-state index in [0.29, 0.717) is 5.69 Å². The third-order valence-electron chi connectivity index (χ3n) is 6.79. The van der Waals surface area contributed by atoms with Crippen molar-refractivity contribution in [3.05, 3.63) is 66.4 Å². The van der Waals surface area contributed by atoms with Gasteiger partial charge in [0.1, 0.15) is 11.9 Å². The average molecular weight is 589 g/mol. The van der Waals surface area contributed by atoms with Crippen LogP contribution in [0.5, 0.6) is 5.75 Å². The molecular weight excluding hydrogens is 555 g/mol. The fraction of sp³-hybridized carbons (Fsp3) is 0.370. The molecule has 0 spiro atoms. The first-order valence-electron chi connectivity index (χ1n) is 12.9. The number of aliphatic hydroxyl groups excluding tert-OH is 1. The lowest BCUT2D eigenvalue weighted by Gasteiger charge is -2.38. The van der Waals surface area contributed by atoms with Gasteiger partial charge in [-0.15, -0.1) is 0 Å². The second-order valence-electron chi connectivity index (χ2n) is 10.1. The minimum Gasteiger partial charge on any atom is -0.485 e. The maximum Gasteiger partial charge on any atom is 0.321 e. The van der Waals surface area contributed by atoms with Gasteiger partial charge in [0.25, 0.3) is 15.9 Å². The van der Waals surface area contributed by atoms with Crippen LogP contribution in [0.15, 0.2) is 60.0 Å². The Morgan fingerprint density at radius 2 is 1.98 bits per heavy atom. The number of aliphatic hydroxyl groups is 1. The number of rotatable bonds is 8. The normalized spacial score (nSPS) is 18.0. The number of likely N-dealkylation sites (N-methyl/N-ethyl adjacent to an activating group) is 1. The van der Waals surface area contributed by atoms with Gasteiger partial charge in [-0.2, -0.15) is 8.42 Å². The summed E-state index contributed by atoms with van der Waals surface area (Å²) in [6.07, 6.45) is 1.99. The van der Waals surface area contributed by atoms with E-state index >= 15 is 0 Å². The van der Waals surface area contributed by atoms with Crippen LogP contribution in [-0.4, -0.2) is 83.7 Å². The molecule has 220 valence electrons. The Balaban J connectivity index is 1.68. The molecule has 41 heavy (non-hydrogen) atoms. The van der Waals surface area contributed by atoms with Gasteiger partial charge in [0.2, 0.25) is 0 Å². The number of carbonyl (C=O) groups is 2. The van der Waals surface area contributed by atoms with Crippen LogP contribution in [-0.2, 0) is 17.1 Å².